The summed E-state index contributed by atoms with van der Waals surface area (Å²) < 4.78 is 2.14. The van der Waals surface area contributed by atoms with Gasteiger partial charge in [0, 0.05) is 17.7 Å². The van der Waals surface area contributed by atoms with Gasteiger partial charge in [0.2, 0.25) is 0 Å². The standard InChI is InChI=1S/C18H14N4O/c23-18-13(5-6-15-14(18)7-19-9-21-15)17-12-4-2-1-3-11(12)16-8-20-10-22(16)17/h1-4,7-10,13,17H,5-6H2/t13-,17-/m0/s1. The smallest absolute Gasteiger partial charge is 0.171 e. The molecule has 112 valence electrons. The van der Waals surface area contributed by atoms with Crippen LogP contribution in [-0.4, -0.2) is 25.3 Å². The van der Waals surface area contributed by atoms with Crippen LogP contribution in [0.3, 0.4) is 0 Å². The lowest BCUT2D eigenvalue weighted by Gasteiger charge is -2.28. The third-order valence-corrected chi connectivity index (χ3v) is 4.99. The van der Waals surface area contributed by atoms with Crippen LogP contribution in [0.2, 0.25) is 0 Å². The van der Waals surface area contributed by atoms with Gasteiger partial charge >= 0.3 is 0 Å². The number of hydrogen-bond acceptors (Lipinski definition) is 4. The van der Waals surface area contributed by atoms with Crippen LogP contribution in [-0.2, 0) is 6.42 Å². The summed E-state index contributed by atoms with van der Waals surface area (Å²) in [7, 11) is 0. The molecule has 0 saturated carbocycles. The van der Waals surface area contributed by atoms with E-state index in [-0.39, 0.29) is 17.7 Å². The highest BCUT2D eigenvalue weighted by Gasteiger charge is 2.40. The molecule has 0 spiro atoms. The molecule has 2 aromatic heterocycles. The summed E-state index contributed by atoms with van der Waals surface area (Å²) in [6.07, 6.45) is 8.52. The molecule has 0 bridgehead atoms. The first-order valence-electron chi connectivity index (χ1n) is 7.79. The topological polar surface area (TPSA) is 60.7 Å². The second-order valence-electron chi connectivity index (χ2n) is 6.11. The molecule has 5 heteroatoms. The normalized spacial score (nSPS) is 21.7. The minimum atomic E-state index is -0.0925. The molecule has 5 rings (SSSR count). The molecule has 0 amide bonds. The van der Waals surface area contributed by atoms with Gasteiger partial charge in [0.05, 0.1) is 35.5 Å². The molecule has 1 aliphatic heterocycles. The van der Waals surface area contributed by atoms with Gasteiger partial charge in [-0.15, -0.1) is 0 Å². The van der Waals surface area contributed by atoms with E-state index < -0.39 is 0 Å². The lowest BCUT2D eigenvalue weighted by Crippen LogP contribution is -2.31. The van der Waals surface area contributed by atoms with Crippen molar-refractivity contribution in [3.8, 4) is 11.3 Å². The quantitative estimate of drug-likeness (QED) is 0.693. The fourth-order valence-electron chi connectivity index (χ4n) is 3.97. The summed E-state index contributed by atoms with van der Waals surface area (Å²) in [6, 6.07) is 8.31. The maximum absolute atomic E-state index is 13.0. The molecule has 5 nitrogen and oxygen atoms in total. The largest absolute Gasteiger partial charge is 0.322 e. The van der Waals surface area contributed by atoms with Crippen LogP contribution < -0.4 is 0 Å². The first kappa shape index (κ1) is 12.7. The molecule has 2 aliphatic rings. The van der Waals surface area contributed by atoms with Gasteiger partial charge in [-0.25, -0.2) is 15.0 Å². The van der Waals surface area contributed by atoms with Gasteiger partial charge < -0.3 is 4.57 Å². The van der Waals surface area contributed by atoms with Crippen molar-refractivity contribution >= 4 is 5.78 Å². The molecule has 1 aliphatic carbocycles. The lowest BCUT2D eigenvalue weighted by molar-refractivity contribution is 0.0869. The maximum Gasteiger partial charge on any atom is 0.171 e. The summed E-state index contributed by atoms with van der Waals surface area (Å²) in [5, 5.41) is 0. The number of carbonyl (C=O) groups excluding carboxylic acids is 1. The third-order valence-electron chi connectivity index (χ3n) is 4.99. The van der Waals surface area contributed by atoms with Crippen molar-refractivity contribution in [1.29, 1.82) is 0 Å². The van der Waals surface area contributed by atoms with Crippen molar-refractivity contribution in [2.75, 3.05) is 0 Å². The van der Waals surface area contributed by atoms with Crippen LogP contribution in [0.5, 0.6) is 0 Å². The van der Waals surface area contributed by atoms with Crippen LogP contribution >= 0.6 is 0 Å². The molecule has 0 N–H and O–H groups in total. The molecule has 3 heterocycles. The zero-order valence-corrected chi connectivity index (χ0v) is 12.4. The van der Waals surface area contributed by atoms with Crippen LogP contribution in [0, 0.1) is 5.92 Å². The van der Waals surface area contributed by atoms with Crippen molar-refractivity contribution in [3.05, 3.63) is 66.1 Å². The third kappa shape index (κ3) is 1.67. The first-order valence-corrected chi connectivity index (χ1v) is 7.79. The molecule has 0 radical (unpaired) electrons. The monoisotopic (exact) mass is 302 g/mol. The zero-order chi connectivity index (χ0) is 15.4. The van der Waals surface area contributed by atoms with E-state index >= 15 is 0 Å². The number of imidazole rings is 1. The van der Waals surface area contributed by atoms with Gasteiger partial charge in [0.1, 0.15) is 6.33 Å². The van der Waals surface area contributed by atoms with Crippen molar-refractivity contribution in [2.24, 2.45) is 5.92 Å². The van der Waals surface area contributed by atoms with Gasteiger partial charge in [-0.2, -0.15) is 0 Å². The summed E-state index contributed by atoms with van der Waals surface area (Å²) in [5.74, 6) is 0.0540. The van der Waals surface area contributed by atoms with E-state index in [0.717, 1.165) is 24.2 Å². The number of benzene rings is 1. The predicted molar refractivity (Wildman–Crippen MR) is 84.0 cm³/mol. The molecular weight excluding hydrogens is 288 g/mol. The van der Waals surface area contributed by atoms with E-state index in [9.17, 15) is 4.79 Å². The van der Waals surface area contributed by atoms with Crippen LogP contribution in [0.1, 0.15) is 34.1 Å². The maximum atomic E-state index is 13.0. The van der Waals surface area contributed by atoms with Gasteiger partial charge in [0.15, 0.2) is 5.78 Å². The van der Waals surface area contributed by atoms with E-state index in [1.165, 1.54) is 17.5 Å². The van der Waals surface area contributed by atoms with Crippen molar-refractivity contribution in [2.45, 2.75) is 18.9 Å². The first-order chi connectivity index (χ1) is 11.3. The molecule has 23 heavy (non-hydrogen) atoms. The molecule has 2 atom stereocenters. The van der Waals surface area contributed by atoms with E-state index in [1.807, 2.05) is 24.7 Å². The number of ketones is 1. The fourth-order valence-corrected chi connectivity index (χ4v) is 3.97. The Bertz CT molecular complexity index is 930. The second kappa shape index (κ2) is 4.59. The van der Waals surface area contributed by atoms with Crippen LogP contribution in [0.25, 0.3) is 11.3 Å². The van der Waals surface area contributed by atoms with E-state index in [4.69, 9.17) is 0 Å². The van der Waals surface area contributed by atoms with Crippen molar-refractivity contribution < 1.29 is 4.79 Å². The number of aromatic nitrogens is 4. The Morgan fingerprint density at radius 2 is 2.00 bits per heavy atom. The number of Topliss-reactive ketones (excluding diaryl/α,β-unsaturated/α-hetero) is 1. The van der Waals surface area contributed by atoms with Crippen LogP contribution in [0.4, 0.5) is 0 Å². The number of aryl methyl sites for hydroxylation is 1. The Morgan fingerprint density at radius 3 is 2.96 bits per heavy atom. The number of rotatable bonds is 1. The van der Waals surface area contributed by atoms with Crippen LogP contribution in [0.15, 0.2) is 49.3 Å². The van der Waals surface area contributed by atoms with E-state index in [1.54, 1.807) is 6.20 Å². The minimum absolute atomic E-state index is 0.0181. The summed E-state index contributed by atoms with van der Waals surface area (Å²) in [4.78, 5) is 25.6. The minimum Gasteiger partial charge on any atom is -0.322 e. The van der Waals surface area contributed by atoms with E-state index in [2.05, 4.69) is 31.7 Å². The van der Waals surface area contributed by atoms with Gasteiger partial charge in [-0.1, -0.05) is 24.3 Å². The summed E-state index contributed by atoms with van der Waals surface area (Å²) >= 11 is 0. The Hall–Kier alpha value is -2.82. The SMILES string of the molecule is O=C1c2cncnc2CC[C@H]1[C@@H]1c2ccccc2-c2cncn21. The Morgan fingerprint density at radius 1 is 1.09 bits per heavy atom. The predicted octanol–water partition coefficient (Wildman–Crippen LogP) is 2.69. The fraction of sp³-hybridized carbons (Fsp3) is 0.222. The zero-order valence-electron chi connectivity index (χ0n) is 12.4. The molecule has 3 aromatic rings. The van der Waals surface area contributed by atoms with Gasteiger partial charge in [-0.05, 0) is 18.4 Å². The average Bonchev–Trinajstić information content (AvgIpc) is 3.17. The molecular formula is C18H14N4O. The highest BCUT2D eigenvalue weighted by Crippen LogP contribution is 2.45. The number of carbonyl (C=O) groups is 1. The Labute approximate surface area is 133 Å². The highest BCUT2D eigenvalue weighted by atomic mass is 16.1. The number of hydrogen-bond donors (Lipinski definition) is 0. The van der Waals surface area contributed by atoms with Crippen molar-refractivity contribution in [1.82, 2.24) is 19.5 Å². The lowest BCUT2D eigenvalue weighted by atomic mass is 9.79. The molecule has 0 unspecified atom stereocenters. The summed E-state index contributed by atoms with van der Waals surface area (Å²) in [6.45, 7) is 0. The van der Waals surface area contributed by atoms with E-state index in [0.29, 0.717) is 5.56 Å². The number of nitrogens with zero attached hydrogens (tertiary/aromatic N) is 4. The van der Waals surface area contributed by atoms with Crippen molar-refractivity contribution in [3.63, 3.8) is 0 Å². The summed E-state index contributed by atoms with van der Waals surface area (Å²) in [5.41, 5.74) is 5.03. The molecule has 0 fully saturated rings. The molecule has 0 saturated heterocycles. The average molecular weight is 302 g/mol. The Kier molecular flexibility index (Phi) is 2.53. The van der Waals surface area contributed by atoms with Gasteiger partial charge in [0.25, 0.3) is 0 Å². The second-order valence-corrected chi connectivity index (χ2v) is 6.11. The molecule has 1 aromatic carbocycles. The Balaban J connectivity index is 1.65. The number of fused-ring (bicyclic) bond motifs is 4. The van der Waals surface area contributed by atoms with Gasteiger partial charge in [-0.3, -0.25) is 4.79 Å². The highest BCUT2D eigenvalue weighted by molar-refractivity contribution is 6.00.